The van der Waals surface area contributed by atoms with Gasteiger partial charge in [0, 0.05) is 56.7 Å². The highest BCUT2D eigenvalue weighted by Gasteiger charge is 2.17. The Bertz CT molecular complexity index is 746. The number of carbonyl (C=O) groups is 1. The number of carbonyl (C=O) groups excluding carboxylic acids is 1. The Balaban J connectivity index is 1.36. The van der Waals surface area contributed by atoms with Crippen molar-refractivity contribution < 1.29 is 13.9 Å². The van der Waals surface area contributed by atoms with Gasteiger partial charge in [-0.1, -0.05) is 6.07 Å². The first kappa shape index (κ1) is 19.0. The first-order chi connectivity index (χ1) is 13.1. The van der Waals surface area contributed by atoms with Gasteiger partial charge in [-0.3, -0.25) is 4.90 Å². The molecular formula is C20H25FN4O2. The van der Waals surface area contributed by atoms with Crippen LogP contribution in [0.15, 0.2) is 48.5 Å². The number of piperazine rings is 1. The Morgan fingerprint density at radius 2 is 1.85 bits per heavy atom. The van der Waals surface area contributed by atoms with Crippen LogP contribution in [0.5, 0.6) is 5.75 Å². The van der Waals surface area contributed by atoms with Crippen LogP contribution in [0.4, 0.5) is 20.6 Å². The first-order valence-corrected chi connectivity index (χ1v) is 9.06. The summed E-state index contributed by atoms with van der Waals surface area (Å²) in [4.78, 5) is 16.6. The molecule has 0 aliphatic carbocycles. The fourth-order valence-electron chi connectivity index (χ4n) is 3.09. The monoisotopic (exact) mass is 372 g/mol. The lowest BCUT2D eigenvalue weighted by molar-refractivity contribution is 0.240. The van der Waals surface area contributed by atoms with E-state index < -0.39 is 0 Å². The third kappa shape index (κ3) is 5.59. The van der Waals surface area contributed by atoms with Crippen molar-refractivity contribution in [3.05, 3.63) is 54.3 Å². The first-order valence-electron chi connectivity index (χ1n) is 9.06. The summed E-state index contributed by atoms with van der Waals surface area (Å²) in [5.74, 6) is 0.488. The number of anilines is 2. The van der Waals surface area contributed by atoms with Gasteiger partial charge in [-0.05, 0) is 36.4 Å². The molecule has 144 valence electrons. The molecule has 27 heavy (non-hydrogen) atoms. The molecule has 0 bridgehead atoms. The van der Waals surface area contributed by atoms with Crippen molar-refractivity contribution in [2.24, 2.45) is 0 Å². The average Bonchev–Trinajstić information content (AvgIpc) is 2.69. The molecule has 2 N–H and O–H groups in total. The van der Waals surface area contributed by atoms with Crippen LogP contribution in [-0.2, 0) is 0 Å². The smallest absolute Gasteiger partial charge is 0.319 e. The van der Waals surface area contributed by atoms with Crippen molar-refractivity contribution in [3.63, 3.8) is 0 Å². The van der Waals surface area contributed by atoms with Gasteiger partial charge >= 0.3 is 6.03 Å². The van der Waals surface area contributed by atoms with Crippen molar-refractivity contribution in [3.8, 4) is 5.75 Å². The Hall–Kier alpha value is -2.80. The summed E-state index contributed by atoms with van der Waals surface area (Å²) in [6.07, 6.45) is 0. The molecule has 0 unspecified atom stereocenters. The molecule has 3 rings (SSSR count). The topological polar surface area (TPSA) is 56.8 Å². The lowest BCUT2D eigenvalue weighted by atomic mass is 10.2. The minimum atomic E-state index is -0.229. The highest BCUT2D eigenvalue weighted by molar-refractivity contribution is 5.89. The van der Waals surface area contributed by atoms with Gasteiger partial charge in [0.15, 0.2) is 0 Å². The maximum atomic E-state index is 13.0. The zero-order valence-electron chi connectivity index (χ0n) is 15.5. The number of benzene rings is 2. The molecule has 1 heterocycles. The summed E-state index contributed by atoms with van der Waals surface area (Å²) in [5, 5.41) is 5.68. The van der Waals surface area contributed by atoms with Gasteiger partial charge in [-0.25, -0.2) is 9.18 Å². The van der Waals surface area contributed by atoms with E-state index in [0.29, 0.717) is 18.0 Å². The molecule has 6 nitrogen and oxygen atoms in total. The number of hydrogen-bond donors (Lipinski definition) is 2. The van der Waals surface area contributed by atoms with Crippen molar-refractivity contribution in [2.75, 3.05) is 56.6 Å². The summed E-state index contributed by atoms with van der Waals surface area (Å²) in [5.41, 5.74) is 1.74. The van der Waals surface area contributed by atoms with E-state index in [2.05, 4.69) is 20.4 Å². The maximum absolute atomic E-state index is 13.0. The normalized spacial score (nSPS) is 14.7. The number of urea groups is 1. The fraction of sp³-hybridized carbons (Fsp3) is 0.350. The molecule has 0 atom stereocenters. The number of methoxy groups -OCH3 is 1. The predicted octanol–water partition coefficient (Wildman–Crippen LogP) is 2.78. The van der Waals surface area contributed by atoms with Gasteiger partial charge < -0.3 is 20.3 Å². The van der Waals surface area contributed by atoms with Gasteiger partial charge in [0.2, 0.25) is 0 Å². The summed E-state index contributed by atoms with van der Waals surface area (Å²) in [6.45, 7) is 4.98. The number of nitrogens with one attached hydrogen (secondary N) is 2. The minimum Gasteiger partial charge on any atom is -0.497 e. The molecular weight excluding hydrogens is 347 g/mol. The van der Waals surface area contributed by atoms with E-state index in [4.69, 9.17) is 4.74 Å². The SMILES string of the molecule is COc1cccc(NC(=O)NCCN2CCN(c3ccc(F)cc3)CC2)c1. The van der Waals surface area contributed by atoms with Crippen molar-refractivity contribution in [2.45, 2.75) is 0 Å². The molecule has 0 spiro atoms. The Morgan fingerprint density at radius 3 is 2.56 bits per heavy atom. The maximum Gasteiger partial charge on any atom is 0.319 e. The fourth-order valence-corrected chi connectivity index (χ4v) is 3.09. The molecule has 1 fully saturated rings. The molecule has 1 aliphatic rings. The Morgan fingerprint density at radius 1 is 1.11 bits per heavy atom. The van der Waals surface area contributed by atoms with E-state index in [9.17, 15) is 9.18 Å². The number of nitrogens with zero attached hydrogens (tertiary/aromatic N) is 2. The second-order valence-electron chi connectivity index (χ2n) is 6.42. The second kappa shape index (κ2) is 9.23. The Labute approximate surface area is 158 Å². The van der Waals surface area contributed by atoms with Crippen LogP contribution >= 0.6 is 0 Å². The number of hydrogen-bond acceptors (Lipinski definition) is 4. The van der Waals surface area contributed by atoms with E-state index in [1.54, 1.807) is 13.2 Å². The van der Waals surface area contributed by atoms with Gasteiger partial charge in [0.1, 0.15) is 11.6 Å². The van der Waals surface area contributed by atoms with Gasteiger partial charge in [-0.2, -0.15) is 0 Å². The number of rotatable bonds is 6. The van der Waals surface area contributed by atoms with Gasteiger partial charge in [-0.15, -0.1) is 0 Å². The molecule has 7 heteroatoms. The molecule has 0 saturated carbocycles. The van der Waals surface area contributed by atoms with Gasteiger partial charge in [0.25, 0.3) is 0 Å². The third-order valence-corrected chi connectivity index (χ3v) is 4.61. The standard InChI is InChI=1S/C20H25FN4O2/c1-27-19-4-2-3-17(15-19)23-20(26)22-9-10-24-11-13-25(14-12-24)18-7-5-16(21)6-8-18/h2-8,15H,9-14H2,1H3,(H2,22,23,26). The van der Waals surface area contributed by atoms with Crippen LogP contribution in [0, 0.1) is 5.82 Å². The number of amides is 2. The molecule has 0 radical (unpaired) electrons. The Kier molecular flexibility index (Phi) is 6.49. The number of halogens is 1. The predicted molar refractivity (Wildman–Crippen MR) is 105 cm³/mol. The lowest BCUT2D eigenvalue weighted by Crippen LogP contribution is -2.48. The molecule has 2 aromatic rings. The molecule has 2 amide bonds. The van der Waals surface area contributed by atoms with E-state index in [-0.39, 0.29) is 11.8 Å². The molecule has 0 aromatic heterocycles. The van der Waals surface area contributed by atoms with Crippen molar-refractivity contribution in [1.82, 2.24) is 10.2 Å². The van der Waals surface area contributed by atoms with Crippen LogP contribution in [0.2, 0.25) is 0 Å². The minimum absolute atomic E-state index is 0.212. The quantitative estimate of drug-likeness (QED) is 0.819. The van der Waals surface area contributed by atoms with E-state index in [1.165, 1.54) is 12.1 Å². The second-order valence-corrected chi connectivity index (χ2v) is 6.42. The molecule has 1 aliphatic heterocycles. The lowest BCUT2D eigenvalue weighted by Gasteiger charge is -2.36. The summed E-state index contributed by atoms with van der Waals surface area (Å²) in [7, 11) is 1.59. The highest BCUT2D eigenvalue weighted by atomic mass is 19.1. The molecule has 1 saturated heterocycles. The van der Waals surface area contributed by atoms with Crippen LogP contribution in [0.1, 0.15) is 0 Å². The van der Waals surface area contributed by atoms with Crippen LogP contribution < -0.4 is 20.3 Å². The van der Waals surface area contributed by atoms with Gasteiger partial charge in [0.05, 0.1) is 7.11 Å². The van der Waals surface area contributed by atoms with Crippen molar-refractivity contribution >= 4 is 17.4 Å². The van der Waals surface area contributed by atoms with E-state index in [0.717, 1.165) is 38.4 Å². The highest BCUT2D eigenvalue weighted by Crippen LogP contribution is 2.17. The average molecular weight is 372 g/mol. The van der Waals surface area contributed by atoms with Crippen molar-refractivity contribution in [1.29, 1.82) is 0 Å². The van der Waals surface area contributed by atoms with Crippen LogP contribution in [-0.4, -0.2) is 57.3 Å². The summed E-state index contributed by atoms with van der Waals surface area (Å²) < 4.78 is 18.2. The van der Waals surface area contributed by atoms with Crippen LogP contribution in [0.3, 0.4) is 0 Å². The van der Waals surface area contributed by atoms with E-state index >= 15 is 0 Å². The van der Waals surface area contributed by atoms with E-state index in [1.807, 2.05) is 30.3 Å². The summed E-state index contributed by atoms with van der Waals surface area (Å²) in [6, 6.07) is 13.6. The van der Waals surface area contributed by atoms with Crippen LogP contribution in [0.25, 0.3) is 0 Å². The third-order valence-electron chi connectivity index (χ3n) is 4.61. The largest absolute Gasteiger partial charge is 0.497 e. The zero-order chi connectivity index (χ0) is 19.1. The zero-order valence-corrected chi connectivity index (χ0v) is 15.5. The summed E-state index contributed by atoms with van der Waals surface area (Å²) >= 11 is 0. The molecule has 2 aromatic carbocycles. The number of ether oxygens (including phenoxy) is 1.